The maximum absolute atomic E-state index is 13.6. The number of ether oxygens (including phenoxy) is 1. The molecule has 0 spiro atoms. The number of carbonyl (C=O) groups is 2. The maximum Gasteiger partial charge on any atom is 0.356 e. The predicted octanol–water partition coefficient (Wildman–Crippen LogP) is 1.44. The Hall–Kier alpha value is -2.41. The van der Waals surface area contributed by atoms with Crippen LogP contribution in [-0.4, -0.2) is 28.8 Å². The first-order valence-corrected chi connectivity index (χ1v) is 5.72. The number of carbonyl (C=O) groups excluding carboxylic acids is 2. The number of rotatable bonds is 2. The van der Waals surface area contributed by atoms with E-state index < -0.39 is 28.8 Å². The second kappa shape index (κ2) is 5.30. The molecule has 0 saturated carbocycles. The molecular weight excluding hydrogens is 291 g/mol. The largest absolute Gasteiger partial charge is 0.464 e. The van der Waals surface area contributed by atoms with Gasteiger partial charge in [0.15, 0.2) is 0 Å². The highest BCUT2D eigenvalue weighted by atomic mass is 35.5. The zero-order chi connectivity index (χ0) is 14.9. The number of aromatic nitrogens is 2. The van der Waals surface area contributed by atoms with E-state index in [2.05, 4.69) is 9.84 Å². The Morgan fingerprint density at radius 1 is 1.40 bits per heavy atom. The van der Waals surface area contributed by atoms with Crippen LogP contribution in [0.1, 0.15) is 20.8 Å². The molecule has 20 heavy (non-hydrogen) atoms. The van der Waals surface area contributed by atoms with Gasteiger partial charge in [0.25, 0.3) is 11.5 Å². The van der Waals surface area contributed by atoms with E-state index in [1.807, 2.05) is 0 Å². The zero-order valence-electron chi connectivity index (χ0n) is 10.1. The number of esters is 1. The predicted molar refractivity (Wildman–Crippen MR) is 67.5 cm³/mol. The molecule has 8 heteroatoms. The van der Waals surface area contributed by atoms with Crippen molar-refractivity contribution < 1.29 is 18.7 Å². The topological polar surface area (TPSA) is 81.2 Å². The SMILES string of the molecule is COC(=O)c1cc(=O)n(C(=O)c2c(F)cccc2Cl)[nH]1. The quantitative estimate of drug-likeness (QED) is 0.851. The monoisotopic (exact) mass is 298 g/mol. The molecule has 0 unspecified atom stereocenters. The Balaban J connectivity index is 2.52. The summed E-state index contributed by atoms with van der Waals surface area (Å²) in [4.78, 5) is 35.0. The third-order valence-electron chi connectivity index (χ3n) is 2.51. The van der Waals surface area contributed by atoms with Crippen LogP contribution in [0, 0.1) is 5.82 Å². The number of H-pyrrole nitrogens is 1. The molecule has 2 aromatic rings. The summed E-state index contributed by atoms with van der Waals surface area (Å²) in [6, 6.07) is 4.55. The van der Waals surface area contributed by atoms with E-state index >= 15 is 0 Å². The fraction of sp³-hybridized carbons (Fsp3) is 0.0833. The van der Waals surface area contributed by atoms with Crippen LogP contribution >= 0.6 is 11.6 Å². The number of methoxy groups -OCH3 is 1. The van der Waals surface area contributed by atoms with Gasteiger partial charge in [0.1, 0.15) is 11.5 Å². The highest BCUT2D eigenvalue weighted by Gasteiger charge is 2.21. The molecule has 0 saturated heterocycles. The Morgan fingerprint density at radius 3 is 2.70 bits per heavy atom. The zero-order valence-corrected chi connectivity index (χ0v) is 10.9. The van der Waals surface area contributed by atoms with Gasteiger partial charge in [-0.15, -0.1) is 0 Å². The van der Waals surface area contributed by atoms with Crippen molar-refractivity contribution >= 4 is 23.5 Å². The highest BCUT2D eigenvalue weighted by molar-refractivity contribution is 6.33. The molecule has 0 aliphatic heterocycles. The van der Waals surface area contributed by atoms with Gasteiger partial charge in [-0.25, -0.2) is 9.18 Å². The van der Waals surface area contributed by atoms with Crippen molar-refractivity contribution in [2.45, 2.75) is 0 Å². The van der Waals surface area contributed by atoms with Gasteiger partial charge in [-0.1, -0.05) is 17.7 Å². The second-order valence-corrected chi connectivity index (χ2v) is 4.14. The fourth-order valence-electron chi connectivity index (χ4n) is 1.58. The lowest BCUT2D eigenvalue weighted by molar-refractivity contribution is 0.0593. The number of nitrogens with zero attached hydrogens (tertiary/aromatic N) is 1. The van der Waals surface area contributed by atoms with Crippen LogP contribution in [0.5, 0.6) is 0 Å². The maximum atomic E-state index is 13.6. The van der Waals surface area contributed by atoms with Gasteiger partial charge in [-0.3, -0.25) is 14.7 Å². The Labute approximate surface area is 116 Å². The van der Waals surface area contributed by atoms with Crippen LogP contribution in [-0.2, 0) is 4.74 Å². The van der Waals surface area contributed by atoms with Crippen LogP contribution in [0.15, 0.2) is 29.1 Å². The molecule has 0 bridgehead atoms. The first kappa shape index (κ1) is 14.0. The third kappa shape index (κ3) is 2.35. The normalized spacial score (nSPS) is 10.3. The van der Waals surface area contributed by atoms with Crippen molar-refractivity contribution in [1.29, 1.82) is 0 Å². The summed E-state index contributed by atoms with van der Waals surface area (Å²) in [5, 5.41) is 2.10. The summed E-state index contributed by atoms with van der Waals surface area (Å²) in [6.07, 6.45) is 0. The van der Waals surface area contributed by atoms with Crippen molar-refractivity contribution in [1.82, 2.24) is 9.78 Å². The minimum atomic E-state index is -1.01. The average molecular weight is 299 g/mol. The molecule has 0 aliphatic carbocycles. The lowest BCUT2D eigenvalue weighted by Gasteiger charge is -2.04. The lowest BCUT2D eigenvalue weighted by Crippen LogP contribution is -2.26. The third-order valence-corrected chi connectivity index (χ3v) is 2.82. The van der Waals surface area contributed by atoms with E-state index in [1.165, 1.54) is 12.1 Å². The van der Waals surface area contributed by atoms with E-state index in [1.54, 1.807) is 0 Å². The van der Waals surface area contributed by atoms with Gasteiger partial charge in [-0.05, 0) is 12.1 Å². The number of benzene rings is 1. The van der Waals surface area contributed by atoms with Crippen LogP contribution in [0.3, 0.4) is 0 Å². The molecule has 6 nitrogen and oxygen atoms in total. The van der Waals surface area contributed by atoms with Gasteiger partial charge >= 0.3 is 5.97 Å². The number of halogens is 2. The van der Waals surface area contributed by atoms with Gasteiger partial charge < -0.3 is 4.74 Å². The molecule has 0 atom stereocenters. The van der Waals surface area contributed by atoms with Crippen LogP contribution in [0.4, 0.5) is 4.39 Å². The Morgan fingerprint density at radius 2 is 2.10 bits per heavy atom. The van der Waals surface area contributed by atoms with E-state index in [4.69, 9.17) is 11.6 Å². The Bertz CT molecular complexity index is 730. The summed E-state index contributed by atoms with van der Waals surface area (Å²) >= 11 is 5.74. The molecule has 1 heterocycles. The van der Waals surface area contributed by atoms with Gasteiger partial charge in [0.2, 0.25) is 0 Å². The van der Waals surface area contributed by atoms with Crippen LogP contribution in [0.2, 0.25) is 5.02 Å². The van der Waals surface area contributed by atoms with E-state index in [0.717, 1.165) is 19.2 Å². The standard InChI is InChI=1S/C12H8ClFN2O4/c1-20-12(19)8-5-9(17)16(15-8)11(18)10-6(13)3-2-4-7(10)14/h2-5,15H,1H3. The molecule has 0 amide bonds. The van der Waals surface area contributed by atoms with E-state index in [9.17, 15) is 18.8 Å². The Kier molecular flexibility index (Phi) is 3.71. The summed E-state index contributed by atoms with van der Waals surface area (Å²) in [5.41, 5.74) is -1.51. The number of hydrogen-bond acceptors (Lipinski definition) is 4. The molecule has 0 radical (unpaired) electrons. The summed E-state index contributed by atoms with van der Waals surface area (Å²) in [7, 11) is 1.12. The summed E-state index contributed by atoms with van der Waals surface area (Å²) < 4.78 is 18.5. The lowest BCUT2D eigenvalue weighted by atomic mass is 10.2. The fourth-order valence-corrected chi connectivity index (χ4v) is 1.82. The number of hydrogen-bond donors (Lipinski definition) is 1. The van der Waals surface area contributed by atoms with Gasteiger partial charge in [0.05, 0.1) is 17.7 Å². The number of nitrogens with one attached hydrogen (secondary N) is 1. The summed E-state index contributed by atoms with van der Waals surface area (Å²) in [5.74, 6) is -2.70. The van der Waals surface area contributed by atoms with Crippen LogP contribution < -0.4 is 5.56 Å². The molecule has 2 rings (SSSR count). The van der Waals surface area contributed by atoms with Gasteiger partial charge in [-0.2, -0.15) is 4.68 Å². The number of aromatic amines is 1. The first-order chi connectivity index (χ1) is 9.45. The molecule has 0 aliphatic rings. The smallest absolute Gasteiger partial charge is 0.356 e. The molecule has 104 valence electrons. The van der Waals surface area contributed by atoms with Crippen LogP contribution in [0.25, 0.3) is 0 Å². The van der Waals surface area contributed by atoms with Crippen molar-refractivity contribution in [2.24, 2.45) is 0 Å². The molecule has 1 N–H and O–H groups in total. The molecule has 0 fully saturated rings. The van der Waals surface area contributed by atoms with Crippen molar-refractivity contribution in [3.8, 4) is 0 Å². The average Bonchev–Trinajstić information content (AvgIpc) is 2.79. The van der Waals surface area contributed by atoms with E-state index in [-0.39, 0.29) is 10.7 Å². The first-order valence-electron chi connectivity index (χ1n) is 5.34. The molecule has 1 aromatic heterocycles. The highest BCUT2D eigenvalue weighted by Crippen LogP contribution is 2.19. The van der Waals surface area contributed by atoms with E-state index in [0.29, 0.717) is 4.68 Å². The molecular formula is C12H8ClFN2O4. The van der Waals surface area contributed by atoms with Gasteiger partial charge in [0, 0.05) is 6.07 Å². The summed E-state index contributed by atoms with van der Waals surface area (Å²) in [6.45, 7) is 0. The van der Waals surface area contributed by atoms with Crippen molar-refractivity contribution in [3.63, 3.8) is 0 Å². The minimum absolute atomic E-state index is 0.142. The second-order valence-electron chi connectivity index (χ2n) is 3.74. The minimum Gasteiger partial charge on any atom is -0.464 e. The van der Waals surface area contributed by atoms with Crippen molar-refractivity contribution in [2.75, 3.05) is 7.11 Å². The van der Waals surface area contributed by atoms with Crippen molar-refractivity contribution in [3.05, 3.63) is 56.7 Å². The molecule has 1 aromatic carbocycles.